The Morgan fingerprint density at radius 1 is 0.952 bits per heavy atom. The van der Waals surface area contributed by atoms with Gasteiger partial charge in [-0.2, -0.15) is 13.2 Å². The Kier molecular flexibility index (Phi) is 7.59. The largest absolute Gasteiger partial charge is 0.480 e. The van der Waals surface area contributed by atoms with Crippen molar-refractivity contribution in [3.63, 3.8) is 0 Å². The van der Waals surface area contributed by atoms with Gasteiger partial charge in [-0.25, -0.2) is 4.90 Å². The zero-order valence-electron chi connectivity index (χ0n) is 22.8. The second kappa shape index (κ2) is 10.9. The zero-order valence-corrected chi connectivity index (χ0v) is 22.8. The first-order chi connectivity index (χ1) is 20.0. The summed E-state index contributed by atoms with van der Waals surface area (Å²) in [5.74, 6) is -5.33. The fraction of sp³-hybridized carbons (Fsp3) is 0.323. The number of carboxylic acids is 1. The van der Waals surface area contributed by atoms with Crippen molar-refractivity contribution in [2.75, 3.05) is 11.5 Å². The fourth-order valence-corrected chi connectivity index (χ4v) is 6.07. The Hall–Kier alpha value is -4.22. The number of hydrogen-bond donors (Lipinski definition) is 3. The number of amides is 2. The van der Waals surface area contributed by atoms with Crippen LogP contribution in [-0.2, 0) is 33.4 Å². The second-order valence-corrected chi connectivity index (χ2v) is 10.4. The number of carbonyl (C=O) groups excluding carboxylic acids is 2. The summed E-state index contributed by atoms with van der Waals surface area (Å²) in [6.45, 7) is 2.82. The number of aliphatic hydroxyl groups is 1. The van der Waals surface area contributed by atoms with E-state index in [1.165, 1.54) is 24.3 Å². The molecule has 0 aromatic heterocycles. The number of aliphatic hydroxyl groups excluding tert-OH is 1. The molecule has 2 aliphatic rings. The van der Waals surface area contributed by atoms with Crippen LogP contribution in [0.1, 0.15) is 42.1 Å². The molecule has 5 rings (SSSR count). The highest BCUT2D eigenvalue weighted by atomic mass is 19.4. The van der Waals surface area contributed by atoms with Crippen molar-refractivity contribution < 1.29 is 42.5 Å². The molecule has 0 aliphatic carbocycles. The molecule has 4 atom stereocenters. The molecule has 42 heavy (non-hydrogen) atoms. The lowest BCUT2D eigenvalue weighted by Crippen LogP contribution is -2.58. The van der Waals surface area contributed by atoms with E-state index >= 15 is 0 Å². The van der Waals surface area contributed by atoms with E-state index in [2.05, 4.69) is 5.32 Å². The number of para-hydroxylation sites is 1. The third kappa shape index (κ3) is 4.72. The average Bonchev–Trinajstić information content (AvgIpc) is 3.46. The molecule has 2 fully saturated rings. The number of carbonyl (C=O) groups is 3. The van der Waals surface area contributed by atoms with Crippen LogP contribution >= 0.6 is 0 Å². The first-order valence-corrected chi connectivity index (χ1v) is 13.5. The number of fused-ring (bicyclic) bond motifs is 1. The number of ether oxygens (including phenoxy) is 1. The maximum Gasteiger partial charge on any atom is 0.416 e. The van der Waals surface area contributed by atoms with Crippen molar-refractivity contribution >= 4 is 23.5 Å². The van der Waals surface area contributed by atoms with Gasteiger partial charge >= 0.3 is 12.1 Å². The number of aryl methyl sites for hydroxylation is 2. The van der Waals surface area contributed by atoms with E-state index in [1.807, 2.05) is 32.0 Å². The number of hydrogen-bond acceptors (Lipinski definition) is 6. The Bertz CT molecular complexity index is 1540. The third-order valence-corrected chi connectivity index (χ3v) is 8.09. The lowest BCUT2D eigenvalue weighted by Gasteiger charge is -2.30. The second-order valence-electron chi connectivity index (χ2n) is 10.4. The molecule has 4 unspecified atom stereocenters. The summed E-state index contributed by atoms with van der Waals surface area (Å²) in [6.07, 6.45) is -3.52. The van der Waals surface area contributed by atoms with Crippen LogP contribution < -0.4 is 15.0 Å². The molecule has 3 aromatic carbocycles. The fourth-order valence-electron chi connectivity index (χ4n) is 6.07. The van der Waals surface area contributed by atoms with Gasteiger partial charge in [-0.05, 0) is 59.9 Å². The number of nitrogens with one attached hydrogen (secondary N) is 1. The van der Waals surface area contributed by atoms with Gasteiger partial charge in [-0.15, -0.1) is 0 Å². The predicted octanol–water partition coefficient (Wildman–Crippen LogP) is 4.89. The van der Waals surface area contributed by atoms with Crippen molar-refractivity contribution in [1.82, 2.24) is 5.32 Å². The number of alkyl halides is 3. The van der Waals surface area contributed by atoms with Crippen LogP contribution in [0.15, 0.2) is 66.7 Å². The lowest BCUT2D eigenvalue weighted by atomic mass is 9.79. The highest BCUT2D eigenvalue weighted by Crippen LogP contribution is 2.51. The first kappa shape index (κ1) is 29.3. The summed E-state index contributed by atoms with van der Waals surface area (Å²) in [4.78, 5) is 41.8. The van der Waals surface area contributed by atoms with Crippen LogP contribution in [0.2, 0.25) is 0 Å². The molecule has 11 heteroatoms. The van der Waals surface area contributed by atoms with Gasteiger partial charge in [-0.3, -0.25) is 19.7 Å². The molecule has 8 nitrogen and oxygen atoms in total. The Morgan fingerprint density at radius 3 is 2.12 bits per heavy atom. The predicted molar refractivity (Wildman–Crippen MR) is 146 cm³/mol. The van der Waals surface area contributed by atoms with E-state index in [-0.39, 0.29) is 11.5 Å². The number of halogens is 3. The van der Waals surface area contributed by atoms with Crippen molar-refractivity contribution in [3.8, 4) is 11.5 Å². The molecule has 0 saturated carbocycles. The summed E-state index contributed by atoms with van der Waals surface area (Å²) in [7, 11) is 0. The van der Waals surface area contributed by atoms with Crippen LogP contribution in [0.5, 0.6) is 11.5 Å². The molecule has 0 spiro atoms. The van der Waals surface area contributed by atoms with Crippen molar-refractivity contribution in [3.05, 3.63) is 89.0 Å². The monoisotopic (exact) mass is 582 g/mol. The standard InChI is InChI=1S/C31H29F3N2O6/c1-3-17-8-5-9-18(4-2)26(17)36-27(38)23-24(28(36)39)30(16-37,29(40)41)35-25(23)19-10-6-12-21(14-19)42-22-13-7-11-20(15-22)31(32,33)34/h5-15,23-25,35,37H,3-4,16H2,1-2H3,(H,40,41). The number of benzene rings is 3. The number of nitrogens with zero attached hydrogens (tertiary/aromatic N) is 1. The molecule has 220 valence electrons. The molecule has 0 radical (unpaired) electrons. The summed E-state index contributed by atoms with van der Waals surface area (Å²) in [5.41, 5.74) is -0.732. The van der Waals surface area contributed by atoms with Gasteiger partial charge < -0.3 is 14.9 Å². The number of rotatable bonds is 8. The van der Waals surface area contributed by atoms with Crippen molar-refractivity contribution in [1.29, 1.82) is 0 Å². The Morgan fingerprint density at radius 2 is 1.55 bits per heavy atom. The molecule has 2 heterocycles. The van der Waals surface area contributed by atoms with Gasteiger partial charge in [-0.1, -0.05) is 50.2 Å². The topological polar surface area (TPSA) is 116 Å². The molecule has 2 saturated heterocycles. The quantitative estimate of drug-likeness (QED) is 0.324. The average molecular weight is 583 g/mol. The maximum atomic E-state index is 14.1. The molecule has 3 aromatic rings. The number of carboxylic acid groups (broad SMARTS) is 1. The highest BCUT2D eigenvalue weighted by Gasteiger charge is 2.69. The zero-order chi connectivity index (χ0) is 30.4. The van der Waals surface area contributed by atoms with Gasteiger partial charge in [0.25, 0.3) is 0 Å². The van der Waals surface area contributed by atoms with Crippen LogP contribution in [0.4, 0.5) is 18.9 Å². The van der Waals surface area contributed by atoms with Crippen molar-refractivity contribution in [2.24, 2.45) is 11.8 Å². The van der Waals surface area contributed by atoms with E-state index in [1.54, 1.807) is 12.1 Å². The van der Waals surface area contributed by atoms with E-state index in [0.29, 0.717) is 24.1 Å². The van der Waals surface area contributed by atoms with Crippen LogP contribution in [0.25, 0.3) is 0 Å². The summed E-state index contributed by atoms with van der Waals surface area (Å²) in [6, 6.07) is 14.9. The van der Waals surface area contributed by atoms with Gasteiger partial charge in [0, 0.05) is 6.04 Å². The third-order valence-electron chi connectivity index (χ3n) is 8.09. The molecule has 2 amide bonds. The van der Waals surface area contributed by atoms with E-state index in [0.717, 1.165) is 28.2 Å². The van der Waals surface area contributed by atoms with Gasteiger partial charge in [0.05, 0.1) is 29.7 Å². The van der Waals surface area contributed by atoms with E-state index < -0.39 is 59.5 Å². The number of imide groups is 1. The maximum absolute atomic E-state index is 14.1. The summed E-state index contributed by atoms with van der Waals surface area (Å²) in [5, 5.41) is 23.5. The number of aliphatic carboxylic acids is 1. The van der Waals surface area contributed by atoms with Crippen LogP contribution in [0.3, 0.4) is 0 Å². The van der Waals surface area contributed by atoms with Gasteiger partial charge in [0.1, 0.15) is 11.5 Å². The van der Waals surface area contributed by atoms with Gasteiger partial charge in [0.15, 0.2) is 5.54 Å². The minimum atomic E-state index is -4.57. The smallest absolute Gasteiger partial charge is 0.416 e. The normalized spacial score (nSPS) is 23.8. The van der Waals surface area contributed by atoms with Crippen molar-refractivity contribution in [2.45, 2.75) is 44.4 Å². The van der Waals surface area contributed by atoms with E-state index in [9.17, 15) is 37.8 Å². The number of anilines is 1. The van der Waals surface area contributed by atoms with Crippen LogP contribution in [0, 0.1) is 11.8 Å². The first-order valence-electron chi connectivity index (χ1n) is 13.5. The molecular weight excluding hydrogens is 553 g/mol. The SMILES string of the molecule is CCc1cccc(CC)c1N1C(=O)C2C(c3cccc(Oc4cccc(C(F)(F)F)c4)c3)NC(CO)(C(=O)O)C2C1=O. The van der Waals surface area contributed by atoms with E-state index in [4.69, 9.17) is 4.74 Å². The molecule has 2 aliphatic heterocycles. The minimum absolute atomic E-state index is 0.0731. The molecular formula is C31H29F3N2O6. The minimum Gasteiger partial charge on any atom is -0.480 e. The summed E-state index contributed by atoms with van der Waals surface area (Å²) >= 11 is 0. The summed E-state index contributed by atoms with van der Waals surface area (Å²) < 4.78 is 45.3. The lowest BCUT2D eigenvalue weighted by molar-refractivity contribution is -0.150. The Labute approximate surface area is 239 Å². The van der Waals surface area contributed by atoms with Gasteiger partial charge in [0.2, 0.25) is 11.8 Å². The highest BCUT2D eigenvalue weighted by molar-refractivity contribution is 6.25. The Balaban J connectivity index is 1.57. The van der Waals surface area contributed by atoms with Crippen LogP contribution in [-0.4, -0.2) is 40.1 Å². The molecule has 3 N–H and O–H groups in total. The molecule has 0 bridgehead atoms.